The zero-order chi connectivity index (χ0) is 12.4. The molecular formula is C13H22N4O. The van der Waals surface area contributed by atoms with Crippen LogP contribution in [0.1, 0.15) is 43.3 Å². The lowest BCUT2D eigenvalue weighted by Crippen LogP contribution is -2.28. The Morgan fingerprint density at radius 1 is 1.28 bits per heavy atom. The van der Waals surface area contributed by atoms with Gasteiger partial charge in [0, 0.05) is 18.9 Å². The summed E-state index contributed by atoms with van der Waals surface area (Å²) in [4.78, 5) is 4.67. The zero-order valence-electron chi connectivity index (χ0n) is 10.8. The summed E-state index contributed by atoms with van der Waals surface area (Å²) in [6.45, 7) is 3.41. The molecule has 0 bridgehead atoms. The first-order valence-electron chi connectivity index (χ1n) is 7.12. The summed E-state index contributed by atoms with van der Waals surface area (Å²) in [6, 6.07) is 0. The molecule has 1 aromatic rings. The molecule has 5 nitrogen and oxygen atoms in total. The topological polar surface area (TPSA) is 63.0 Å². The quantitative estimate of drug-likeness (QED) is 0.828. The molecule has 2 aliphatic rings. The van der Waals surface area contributed by atoms with Crippen LogP contribution >= 0.6 is 0 Å². The van der Waals surface area contributed by atoms with Crippen molar-refractivity contribution in [2.45, 2.75) is 44.6 Å². The van der Waals surface area contributed by atoms with Gasteiger partial charge in [-0.2, -0.15) is 5.10 Å². The van der Waals surface area contributed by atoms with Crippen molar-refractivity contribution < 1.29 is 5.11 Å². The fourth-order valence-electron chi connectivity index (χ4n) is 3.09. The standard InChI is InChI=1S/C13H22N4O/c18-9-11-2-1-7-17-13(11)15-12(16-17)8-10-3-5-14-6-4-10/h10-11,14,18H,1-9H2. The molecule has 3 rings (SSSR count). The number of nitrogens with zero attached hydrogens (tertiary/aromatic N) is 3. The smallest absolute Gasteiger partial charge is 0.151 e. The van der Waals surface area contributed by atoms with Gasteiger partial charge in [-0.1, -0.05) is 0 Å². The summed E-state index contributed by atoms with van der Waals surface area (Å²) < 4.78 is 2.01. The number of hydrogen-bond donors (Lipinski definition) is 2. The highest BCUT2D eigenvalue weighted by atomic mass is 16.3. The van der Waals surface area contributed by atoms with Crippen LogP contribution in [0.15, 0.2) is 0 Å². The Hall–Kier alpha value is -0.940. The Bertz CT molecular complexity index is 398. The molecule has 18 heavy (non-hydrogen) atoms. The van der Waals surface area contributed by atoms with Crippen LogP contribution in [0.3, 0.4) is 0 Å². The maximum absolute atomic E-state index is 9.38. The van der Waals surface area contributed by atoms with Gasteiger partial charge in [-0.3, -0.25) is 0 Å². The number of hydrogen-bond acceptors (Lipinski definition) is 4. The molecule has 5 heteroatoms. The summed E-state index contributed by atoms with van der Waals surface area (Å²) in [5.41, 5.74) is 0. The van der Waals surface area contributed by atoms with Crippen molar-refractivity contribution in [2.24, 2.45) is 5.92 Å². The Kier molecular flexibility index (Phi) is 3.61. The van der Waals surface area contributed by atoms with Gasteiger partial charge in [-0.25, -0.2) is 9.67 Å². The second-order valence-electron chi connectivity index (χ2n) is 5.53. The van der Waals surface area contributed by atoms with E-state index in [4.69, 9.17) is 0 Å². The fourth-order valence-corrected chi connectivity index (χ4v) is 3.09. The molecule has 1 aromatic heterocycles. The maximum atomic E-state index is 9.38. The van der Waals surface area contributed by atoms with E-state index in [0.29, 0.717) is 0 Å². The minimum atomic E-state index is 0.200. The van der Waals surface area contributed by atoms with Crippen LogP contribution in [0.2, 0.25) is 0 Å². The van der Waals surface area contributed by atoms with Crippen LogP contribution in [0, 0.1) is 5.92 Å². The second-order valence-corrected chi connectivity index (χ2v) is 5.53. The Morgan fingerprint density at radius 2 is 2.11 bits per heavy atom. The van der Waals surface area contributed by atoms with Crippen LogP contribution in [-0.2, 0) is 13.0 Å². The van der Waals surface area contributed by atoms with E-state index in [1.54, 1.807) is 0 Å². The number of fused-ring (bicyclic) bond motifs is 1. The molecule has 1 unspecified atom stereocenters. The minimum Gasteiger partial charge on any atom is -0.396 e. The molecule has 1 atom stereocenters. The van der Waals surface area contributed by atoms with E-state index < -0.39 is 0 Å². The second kappa shape index (κ2) is 5.36. The van der Waals surface area contributed by atoms with E-state index >= 15 is 0 Å². The van der Waals surface area contributed by atoms with Crippen molar-refractivity contribution in [2.75, 3.05) is 19.7 Å². The van der Waals surface area contributed by atoms with Crippen molar-refractivity contribution >= 4 is 0 Å². The summed E-state index contributed by atoms with van der Waals surface area (Å²) in [7, 11) is 0. The third kappa shape index (κ3) is 2.42. The van der Waals surface area contributed by atoms with Gasteiger partial charge in [-0.15, -0.1) is 0 Å². The molecule has 0 aromatic carbocycles. The van der Waals surface area contributed by atoms with Gasteiger partial charge in [0.15, 0.2) is 5.82 Å². The number of aliphatic hydroxyl groups is 1. The number of rotatable bonds is 3. The molecule has 2 aliphatic heterocycles. The predicted octanol–water partition coefficient (Wildman–Crippen LogP) is 0.690. The fraction of sp³-hybridized carbons (Fsp3) is 0.846. The molecule has 1 saturated heterocycles. The van der Waals surface area contributed by atoms with E-state index in [1.807, 2.05) is 4.68 Å². The lowest BCUT2D eigenvalue weighted by atomic mass is 9.94. The first kappa shape index (κ1) is 12.1. The van der Waals surface area contributed by atoms with Crippen molar-refractivity contribution in [3.63, 3.8) is 0 Å². The van der Waals surface area contributed by atoms with Crippen LogP contribution in [0.25, 0.3) is 0 Å². The van der Waals surface area contributed by atoms with Crippen LogP contribution in [-0.4, -0.2) is 39.6 Å². The van der Waals surface area contributed by atoms with E-state index in [1.165, 1.54) is 12.8 Å². The Labute approximate surface area is 108 Å². The van der Waals surface area contributed by atoms with Gasteiger partial charge in [0.25, 0.3) is 0 Å². The zero-order valence-corrected chi connectivity index (χ0v) is 10.8. The lowest BCUT2D eigenvalue weighted by molar-refractivity contribution is 0.234. The van der Waals surface area contributed by atoms with E-state index in [0.717, 1.165) is 56.5 Å². The SMILES string of the molecule is OCC1CCCn2nc(CC3CCNCC3)nc21. The largest absolute Gasteiger partial charge is 0.396 e. The van der Waals surface area contributed by atoms with Gasteiger partial charge in [0.05, 0.1) is 6.61 Å². The monoisotopic (exact) mass is 250 g/mol. The third-order valence-electron chi connectivity index (χ3n) is 4.18. The normalized spacial score (nSPS) is 25.1. The first-order chi connectivity index (χ1) is 8.86. The lowest BCUT2D eigenvalue weighted by Gasteiger charge is -2.21. The summed E-state index contributed by atoms with van der Waals surface area (Å²) in [5.74, 6) is 2.92. The van der Waals surface area contributed by atoms with Gasteiger partial charge >= 0.3 is 0 Å². The Balaban J connectivity index is 1.71. The Morgan fingerprint density at radius 3 is 2.89 bits per heavy atom. The number of nitrogens with one attached hydrogen (secondary N) is 1. The highest BCUT2D eigenvalue weighted by Crippen LogP contribution is 2.26. The van der Waals surface area contributed by atoms with Gasteiger partial charge < -0.3 is 10.4 Å². The summed E-state index contributed by atoms with van der Waals surface area (Å²) >= 11 is 0. The molecule has 0 aliphatic carbocycles. The molecule has 100 valence electrons. The van der Waals surface area contributed by atoms with Crippen LogP contribution in [0.5, 0.6) is 0 Å². The van der Waals surface area contributed by atoms with Gasteiger partial charge in [-0.05, 0) is 44.7 Å². The van der Waals surface area contributed by atoms with Crippen molar-refractivity contribution in [3.05, 3.63) is 11.6 Å². The molecular weight excluding hydrogens is 228 g/mol. The molecule has 0 radical (unpaired) electrons. The third-order valence-corrected chi connectivity index (χ3v) is 4.18. The predicted molar refractivity (Wildman–Crippen MR) is 68.4 cm³/mol. The van der Waals surface area contributed by atoms with Crippen molar-refractivity contribution in [1.82, 2.24) is 20.1 Å². The summed E-state index contributed by atoms with van der Waals surface area (Å²) in [5, 5.41) is 17.4. The van der Waals surface area contributed by atoms with Gasteiger partial charge in [0.2, 0.25) is 0 Å². The van der Waals surface area contributed by atoms with Crippen LogP contribution in [0.4, 0.5) is 0 Å². The van der Waals surface area contributed by atoms with E-state index in [-0.39, 0.29) is 12.5 Å². The summed E-state index contributed by atoms with van der Waals surface area (Å²) in [6.07, 6.45) is 5.61. The molecule has 0 spiro atoms. The molecule has 2 N–H and O–H groups in total. The molecule has 3 heterocycles. The highest BCUT2D eigenvalue weighted by Gasteiger charge is 2.24. The van der Waals surface area contributed by atoms with Gasteiger partial charge in [0.1, 0.15) is 5.82 Å². The number of aliphatic hydroxyl groups excluding tert-OH is 1. The van der Waals surface area contributed by atoms with Crippen LogP contribution < -0.4 is 5.32 Å². The van der Waals surface area contributed by atoms with E-state index in [9.17, 15) is 5.11 Å². The van der Waals surface area contributed by atoms with Crippen molar-refractivity contribution in [1.29, 1.82) is 0 Å². The maximum Gasteiger partial charge on any atom is 0.151 e. The molecule has 0 amide bonds. The first-order valence-corrected chi connectivity index (χ1v) is 7.12. The average molecular weight is 250 g/mol. The highest BCUT2D eigenvalue weighted by molar-refractivity contribution is 5.03. The minimum absolute atomic E-state index is 0.200. The van der Waals surface area contributed by atoms with E-state index in [2.05, 4.69) is 15.4 Å². The number of aryl methyl sites for hydroxylation is 1. The molecule has 1 fully saturated rings. The number of aromatic nitrogens is 3. The molecule has 0 saturated carbocycles. The van der Waals surface area contributed by atoms with Crippen molar-refractivity contribution in [3.8, 4) is 0 Å². The number of piperidine rings is 1. The average Bonchev–Trinajstić information content (AvgIpc) is 2.82.